The average Bonchev–Trinajstić information content (AvgIpc) is 2.53. The molecule has 0 aliphatic heterocycles. The number of likely N-dealkylation sites (N-methyl/N-ethyl adjacent to an activating group) is 1. The summed E-state index contributed by atoms with van der Waals surface area (Å²) < 4.78 is 5.57. The van der Waals surface area contributed by atoms with Gasteiger partial charge >= 0.3 is 0 Å². The van der Waals surface area contributed by atoms with Crippen LogP contribution in [-0.2, 0) is 6.54 Å². The van der Waals surface area contributed by atoms with Gasteiger partial charge in [-0.1, -0.05) is 17.7 Å². The Balaban J connectivity index is 1.79. The first-order chi connectivity index (χ1) is 11.0. The zero-order valence-electron chi connectivity index (χ0n) is 13.4. The number of ether oxygens (including phenoxy) is 1. The molecule has 0 amide bonds. The fraction of sp³-hybridized carbons (Fsp3) is 0.353. The predicted octanol–water partition coefficient (Wildman–Crippen LogP) is 2.65. The molecule has 0 spiro atoms. The second kappa shape index (κ2) is 8.72. The highest BCUT2D eigenvalue weighted by Crippen LogP contribution is 2.17. The number of aliphatic hydroxyl groups is 1. The van der Waals surface area contributed by atoms with Gasteiger partial charge in [-0.15, -0.1) is 0 Å². The van der Waals surface area contributed by atoms with Gasteiger partial charge in [0.2, 0.25) is 0 Å². The van der Waals surface area contributed by atoms with Gasteiger partial charge in [0.15, 0.2) is 0 Å². The Morgan fingerprint density at radius 3 is 2.57 bits per heavy atom. The van der Waals surface area contributed by atoms with Gasteiger partial charge in [0.05, 0.1) is 0 Å². The van der Waals surface area contributed by atoms with E-state index in [1.807, 2.05) is 49.3 Å². The lowest BCUT2D eigenvalue weighted by Crippen LogP contribution is -2.30. The minimum atomic E-state index is -0.500. The molecular formula is C17H22ClN3O2. The van der Waals surface area contributed by atoms with Crippen molar-refractivity contribution < 1.29 is 9.84 Å². The van der Waals surface area contributed by atoms with Crippen LogP contribution < -0.4 is 10.1 Å². The number of halogens is 1. The third-order valence-electron chi connectivity index (χ3n) is 3.16. The molecule has 2 rings (SSSR count). The van der Waals surface area contributed by atoms with E-state index >= 15 is 0 Å². The van der Waals surface area contributed by atoms with Crippen molar-refractivity contribution in [2.75, 3.05) is 32.6 Å². The van der Waals surface area contributed by atoms with Crippen LogP contribution in [0.4, 0.5) is 5.69 Å². The van der Waals surface area contributed by atoms with Gasteiger partial charge in [0, 0.05) is 25.0 Å². The van der Waals surface area contributed by atoms with Crippen molar-refractivity contribution in [2.45, 2.75) is 12.6 Å². The normalized spacial score (nSPS) is 12.2. The average molecular weight is 336 g/mol. The summed E-state index contributed by atoms with van der Waals surface area (Å²) in [5.74, 6) is 0.738. The first-order valence-corrected chi connectivity index (χ1v) is 7.80. The van der Waals surface area contributed by atoms with Gasteiger partial charge in [-0.25, -0.2) is 4.98 Å². The number of rotatable bonds is 8. The van der Waals surface area contributed by atoms with Crippen LogP contribution in [0.15, 0.2) is 42.6 Å². The predicted molar refractivity (Wildman–Crippen MR) is 93.1 cm³/mol. The first kappa shape index (κ1) is 17.5. The molecule has 2 N–H and O–H groups in total. The third-order valence-corrected chi connectivity index (χ3v) is 3.38. The van der Waals surface area contributed by atoms with Crippen molar-refractivity contribution in [3.05, 3.63) is 53.3 Å². The molecule has 2 aromatic rings. The maximum Gasteiger partial charge on any atom is 0.129 e. The molecule has 6 heteroatoms. The molecule has 1 heterocycles. The molecule has 0 aliphatic rings. The summed E-state index contributed by atoms with van der Waals surface area (Å²) in [6, 6.07) is 11.4. The summed E-state index contributed by atoms with van der Waals surface area (Å²) >= 11 is 5.76. The Labute approximate surface area is 141 Å². The molecule has 5 nitrogen and oxygen atoms in total. The van der Waals surface area contributed by atoms with E-state index in [-0.39, 0.29) is 6.61 Å². The number of aromatic nitrogens is 1. The summed E-state index contributed by atoms with van der Waals surface area (Å²) in [6.07, 6.45) is 1.25. The smallest absolute Gasteiger partial charge is 0.129 e. The molecule has 1 aromatic heterocycles. The molecule has 0 radical (unpaired) electrons. The highest BCUT2D eigenvalue weighted by molar-refractivity contribution is 6.29. The number of nitrogens with one attached hydrogen (secondary N) is 1. The molecule has 1 aromatic carbocycles. The van der Waals surface area contributed by atoms with Crippen molar-refractivity contribution >= 4 is 17.3 Å². The topological polar surface area (TPSA) is 57.6 Å². The molecule has 124 valence electrons. The summed E-state index contributed by atoms with van der Waals surface area (Å²) in [4.78, 5) is 5.97. The van der Waals surface area contributed by atoms with Crippen LogP contribution in [-0.4, -0.2) is 48.3 Å². The van der Waals surface area contributed by atoms with E-state index in [1.54, 1.807) is 12.3 Å². The highest BCUT2D eigenvalue weighted by atomic mass is 35.5. The number of hydrogen-bond donors (Lipinski definition) is 2. The second-order valence-corrected chi connectivity index (χ2v) is 5.98. The summed E-state index contributed by atoms with van der Waals surface area (Å²) in [7, 11) is 3.83. The van der Waals surface area contributed by atoms with E-state index in [2.05, 4.69) is 10.3 Å². The van der Waals surface area contributed by atoms with Gasteiger partial charge in [0.1, 0.15) is 23.6 Å². The monoisotopic (exact) mass is 335 g/mol. The quantitative estimate of drug-likeness (QED) is 0.726. The SMILES string of the molecule is CN(C)CC(O)COc1ccc(NCc2ccc(Cl)nc2)cc1. The number of benzene rings is 1. The standard InChI is InChI=1S/C17H22ClN3O2/c1-21(2)11-15(22)12-23-16-6-4-14(5-7-16)19-9-13-3-8-17(18)20-10-13/h3-8,10,15,19,22H,9,11-12H2,1-2H3. The van der Waals surface area contributed by atoms with Crippen LogP contribution in [0.3, 0.4) is 0 Å². The van der Waals surface area contributed by atoms with Gasteiger partial charge < -0.3 is 20.1 Å². The number of aliphatic hydroxyl groups excluding tert-OH is 1. The third kappa shape index (κ3) is 6.44. The molecule has 0 saturated heterocycles. The van der Waals surface area contributed by atoms with Crippen molar-refractivity contribution in [1.82, 2.24) is 9.88 Å². The fourth-order valence-corrected chi connectivity index (χ4v) is 2.16. The van der Waals surface area contributed by atoms with Crippen molar-refractivity contribution in [1.29, 1.82) is 0 Å². The van der Waals surface area contributed by atoms with Crippen LogP contribution >= 0.6 is 11.6 Å². The van der Waals surface area contributed by atoms with E-state index in [1.165, 1.54) is 0 Å². The lowest BCUT2D eigenvalue weighted by molar-refractivity contribution is 0.0831. The Kier molecular flexibility index (Phi) is 6.65. The van der Waals surface area contributed by atoms with E-state index < -0.39 is 6.10 Å². The van der Waals surface area contributed by atoms with E-state index in [9.17, 15) is 5.11 Å². The van der Waals surface area contributed by atoms with Crippen molar-refractivity contribution in [3.63, 3.8) is 0 Å². The molecule has 1 atom stereocenters. The highest BCUT2D eigenvalue weighted by Gasteiger charge is 2.06. The minimum absolute atomic E-state index is 0.279. The summed E-state index contributed by atoms with van der Waals surface area (Å²) in [6.45, 7) is 1.53. The summed E-state index contributed by atoms with van der Waals surface area (Å²) in [5.41, 5.74) is 2.04. The lowest BCUT2D eigenvalue weighted by Gasteiger charge is -2.16. The van der Waals surface area contributed by atoms with Crippen LogP contribution in [0, 0.1) is 0 Å². The zero-order chi connectivity index (χ0) is 16.7. The molecule has 23 heavy (non-hydrogen) atoms. The first-order valence-electron chi connectivity index (χ1n) is 7.43. The fourth-order valence-electron chi connectivity index (χ4n) is 2.05. The van der Waals surface area contributed by atoms with Gasteiger partial charge in [-0.2, -0.15) is 0 Å². The molecular weight excluding hydrogens is 314 g/mol. The van der Waals surface area contributed by atoms with Crippen LogP contribution in [0.25, 0.3) is 0 Å². The number of nitrogens with zero attached hydrogens (tertiary/aromatic N) is 2. The van der Waals surface area contributed by atoms with Gasteiger partial charge in [-0.05, 0) is 50.0 Å². The Bertz CT molecular complexity index is 588. The number of hydrogen-bond acceptors (Lipinski definition) is 5. The molecule has 0 bridgehead atoms. The van der Waals surface area contributed by atoms with Gasteiger partial charge in [0.25, 0.3) is 0 Å². The lowest BCUT2D eigenvalue weighted by atomic mass is 10.2. The molecule has 1 unspecified atom stereocenters. The Hall–Kier alpha value is -1.82. The number of anilines is 1. The maximum atomic E-state index is 9.77. The molecule has 0 aliphatic carbocycles. The number of pyridine rings is 1. The maximum absolute atomic E-state index is 9.77. The van der Waals surface area contributed by atoms with Gasteiger partial charge in [-0.3, -0.25) is 0 Å². The Morgan fingerprint density at radius 2 is 1.96 bits per heavy atom. The molecule has 0 saturated carbocycles. The van der Waals surface area contributed by atoms with Crippen molar-refractivity contribution in [3.8, 4) is 5.75 Å². The Morgan fingerprint density at radius 1 is 1.22 bits per heavy atom. The van der Waals surface area contributed by atoms with Crippen LogP contribution in [0.2, 0.25) is 5.15 Å². The van der Waals surface area contributed by atoms with E-state index in [0.717, 1.165) is 17.0 Å². The van der Waals surface area contributed by atoms with Crippen LogP contribution in [0.1, 0.15) is 5.56 Å². The van der Waals surface area contributed by atoms with Crippen LogP contribution in [0.5, 0.6) is 5.75 Å². The summed E-state index contributed by atoms with van der Waals surface area (Å²) in [5, 5.41) is 13.6. The molecule has 0 fully saturated rings. The largest absolute Gasteiger partial charge is 0.491 e. The van der Waals surface area contributed by atoms with E-state index in [4.69, 9.17) is 16.3 Å². The second-order valence-electron chi connectivity index (χ2n) is 5.59. The zero-order valence-corrected chi connectivity index (χ0v) is 14.1. The van der Waals surface area contributed by atoms with Crippen molar-refractivity contribution in [2.24, 2.45) is 0 Å². The van der Waals surface area contributed by atoms with E-state index in [0.29, 0.717) is 18.2 Å². The minimum Gasteiger partial charge on any atom is -0.491 e.